The molecular weight excluding hydrogens is 213 g/mol. The zero-order chi connectivity index (χ0) is 12.8. The van der Waals surface area contributed by atoms with Crippen molar-refractivity contribution in [1.82, 2.24) is 4.98 Å². The Labute approximate surface area is 102 Å². The van der Waals surface area contributed by atoms with E-state index < -0.39 is 0 Å². The van der Waals surface area contributed by atoms with Gasteiger partial charge in [-0.25, -0.2) is 4.39 Å². The lowest BCUT2D eigenvalue weighted by molar-refractivity contribution is 0.618. The van der Waals surface area contributed by atoms with Gasteiger partial charge in [0, 0.05) is 11.9 Å². The number of hydrogen-bond acceptors (Lipinski definition) is 1. The highest BCUT2D eigenvalue weighted by atomic mass is 19.1. The summed E-state index contributed by atoms with van der Waals surface area (Å²) in [5.74, 6) is -0.124. The molecule has 0 aliphatic heterocycles. The number of nitrogens with zero attached hydrogens (tertiary/aromatic N) is 1. The molecule has 0 aliphatic carbocycles. The van der Waals surface area contributed by atoms with Gasteiger partial charge in [-0.1, -0.05) is 17.7 Å². The van der Waals surface area contributed by atoms with Gasteiger partial charge in [-0.15, -0.1) is 0 Å². The summed E-state index contributed by atoms with van der Waals surface area (Å²) in [6.45, 7) is 7.77. The van der Waals surface area contributed by atoms with Gasteiger partial charge in [0.1, 0.15) is 5.82 Å². The first-order valence-electron chi connectivity index (χ1n) is 5.61. The standard InChI is InChI=1S/C8H9F.C7H9N/c1-6-3-4-8(9)7(2)5-6;1-6-3-4-8-7(2)5-6/h3-5H,1-2H3;3-5H,1-2H3. The molecule has 0 bridgehead atoms. The first-order chi connectivity index (χ1) is 7.99. The third-order valence-corrected chi connectivity index (χ3v) is 2.37. The van der Waals surface area contributed by atoms with Crippen molar-refractivity contribution in [2.75, 3.05) is 0 Å². The van der Waals surface area contributed by atoms with Crippen LogP contribution in [0.1, 0.15) is 22.4 Å². The molecule has 1 heterocycles. The Bertz CT molecular complexity index is 475. The van der Waals surface area contributed by atoms with Crippen LogP contribution in [0.25, 0.3) is 0 Å². The van der Waals surface area contributed by atoms with Crippen molar-refractivity contribution in [3.8, 4) is 0 Å². The molecule has 90 valence electrons. The molecule has 2 heteroatoms. The van der Waals surface area contributed by atoms with E-state index in [4.69, 9.17) is 0 Å². The van der Waals surface area contributed by atoms with Crippen LogP contribution in [0.15, 0.2) is 36.5 Å². The lowest BCUT2D eigenvalue weighted by Crippen LogP contribution is -1.81. The van der Waals surface area contributed by atoms with Crippen LogP contribution >= 0.6 is 0 Å². The van der Waals surface area contributed by atoms with E-state index in [1.165, 1.54) is 11.6 Å². The van der Waals surface area contributed by atoms with E-state index >= 15 is 0 Å². The quantitative estimate of drug-likeness (QED) is 0.664. The van der Waals surface area contributed by atoms with Gasteiger partial charge in [0.05, 0.1) is 0 Å². The molecule has 2 rings (SSSR count). The summed E-state index contributed by atoms with van der Waals surface area (Å²) in [6, 6.07) is 9.13. The van der Waals surface area contributed by atoms with Crippen molar-refractivity contribution in [1.29, 1.82) is 0 Å². The minimum absolute atomic E-state index is 0.124. The maximum Gasteiger partial charge on any atom is 0.126 e. The third-order valence-electron chi connectivity index (χ3n) is 2.37. The van der Waals surface area contributed by atoms with Gasteiger partial charge in [0.2, 0.25) is 0 Å². The predicted octanol–water partition coefficient (Wildman–Crippen LogP) is 4.14. The molecule has 0 saturated heterocycles. The molecule has 0 saturated carbocycles. The molecule has 17 heavy (non-hydrogen) atoms. The molecule has 0 N–H and O–H groups in total. The van der Waals surface area contributed by atoms with Crippen LogP contribution in [0, 0.1) is 33.5 Å². The maximum absolute atomic E-state index is 12.5. The van der Waals surface area contributed by atoms with Crippen LogP contribution < -0.4 is 0 Å². The second kappa shape index (κ2) is 6.14. The Hall–Kier alpha value is -1.70. The van der Waals surface area contributed by atoms with E-state index in [0.717, 1.165) is 16.8 Å². The summed E-state index contributed by atoms with van der Waals surface area (Å²) in [5, 5.41) is 0. The monoisotopic (exact) mass is 231 g/mol. The highest BCUT2D eigenvalue weighted by Gasteiger charge is 1.93. The molecule has 1 aromatic heterocycles. The van der Waals surface area contributed by atoms with Crippen LogP contribution in [0.5, 0.6) is 0 Å². The Morgan fingerprint density at radius 1 is 0.882 bits per heavy atom. The highest BCUT2D eigenvalue weighted by Crippen LogP contribution is 2.07. The van der Waals surface area contributed by atoms with Crippen molar-refractivity contribution in [2.45, 2.75) is 27.7 Å². The minimum atomic E-state index is -0.124. The molecule has 2 aromatic rings. The molecular formula is C15H18FN. The normalized spacial score (nSPS) is 9.47. The van der Waals surface area contributed by atoms with Gasteiger partial charge in [0.15, 0.2) is 0 Å². The van der Waals surface area contributed by atoms with Gasteiger partial charge < -0.3 is 0 Å². The molecule has 0 spiro atoms. The molecule has 0 aliphatic rings. The van der Waals surface area contributed by atoms with Gasteiger partial charge in [-0.3, -0.25) is 4.98 Å². The molecule has 0 amide bonds. The summed E-state index contributed by atoms with van der Waals surface area (Å²) in [7, 11) is 0. The summed E-state index contributed by atoms with van der Waals surface area (Å²) in [6.07, 6.45) is 1.82. The Kier molecular flexibility index (Phi) is 4.83. The van der Waals surface area contributed by atoms with Gasteiger partial charge >= 0.3 is 0 Å². The highest BCUT2D eigenvalue weighted by molar-refractivity contribution is 5.22. The molecule has 0 fully saturated rings. The van der Waals surface area contributed by atoms with Crippen molar-refractivity contribution in [3.63, 3.8) is 0 Å². The van der Waals surface area contributed by atoms with E-state index in [1.54, 1.807) is 13.0 Å². The van der Waals surface area contributed by atoms with Gasteiger partial charge in [-0.05, 0) is 57.0 Å². The average molecular weight is 231 g/mol. The van der Waals surface area contributed by atoms with Crippen molar-refractivity contribution in [2.24, 2.45) is 0 Å². The number of aromatic nitrogens is 1. The number of hydrogen-bond donors (Lipinski definition) is 0. The fourth-order valence-electron chi connectivity index (χ4n) is 1.48. The SMILES string of the molecule is Cc1ccc(F)c(C)c1.Cc1ccnc(C)c1. The lowest BCUT2D eigenvalue weighted by atomic mass is 10.1. The number of rotatable bonds is 0. The first kappa shape index (κ1) is 13.4. The second-order valence-electron chi connectivity index (χ2n) is 4.23. The van der Waals surface area contributed by atoms with Crippen molar-refractivity contribution < 1.29 is 4.39 Å². The van der Waals surface area contributed by atoms with Crippen LogP contribution in [-0.2, 0) is 0 Å². The van der Waals surface area contributed by atoms with Crippen LogP contribution in [0.3, 0.4) is 0 Å². The minimum Gasteiger partial charge on any atom is -0.262 e. The molecule has 0 atom stereocenters. The van der Waals surface area contributed by atoms with Crippen molar-refractivity contribution in [3.05, 3.63) is 64.7 Å². The van der Waals surface area contributed by atoms with Crippen LogP contribution in [0.4, 0.5) is 4.39 Å². The zero-order valence-corrected chi connectivity index (χ0v) is 10.8. The van der Waals surface area contributed by atoms with Crippen molar-refractivity contribution >= 4 is 0 Å². The van der Waals surface area contributed by atoms with E-state index in [9.17, 15) is 4.39 Å². The number of aryl methyl sites for hydroxylation is 4. The fraction of sp³-hybridized carbons (Fsp3) is 0.267. The topological polar surface area (TPSA) is 12.9 Å². The molecule has 0 radical (unpaired) electrons. The Morgan fingerprint density at radius 2 is 1.53 bits per heavy atom. The van der Waals surface area contributed by atoms with Crippen LogP contribution in [-0.4, -0.2) is 4.98 Å². The molecule has 1 nitrogen and oxygen atoms in total. The van der Waals surface area contributed by atoms with E-state index in [-0.39, 0.29) is 5.82 Å². The maximum atomic E-state index is 12.5. The molecule has 1 aromatic carbocycles. The summed E-state index contributed by atoms with van der Waals surface area (Å²) in [4.78, 5) is 4.04. The first-order valence-corrected chi connectivity index (χ1v) is 5.61. The van der Waals surface area contributed by atoms with E-state index in [2.05, 4.69) is 18.0 Å². The van der Waals surface area contributed by atoms with E-state index in [0.29, 0.717) is 0 Å². The Balaban J connectivity index is 0.000000171. The third kappa shape index (κ3) is 4.77. The summed E-state index contributed by atoms with van der Waals surface area (Å²) in [5.41, 5.74) is 4.19. The largest absolute Gasteiger partial charge is 0.262 e. The van der Waals surface area contributed by atoms with Gasteiger partial charge in [0.25, 0.3) is 0 Å². The average Bonchev–Trinajstić information content (AvgIpc) is 2.24. The fourth-order valence-corrected chi connectivity index (χ4v) is 1.48. The molecule has 0 unspecified atom stereocenters. The number of benzene rings is 1. The summed E-state index contributed by atoms with van der Waals surface area (Å²) < 4.78 is 12.5. The second-order valence-corrected chi connectivity index (χ2v) is 4.23. The van der Waals surface area contributed by atoms with E-state index in [1.807, 2.05) is 32.2 Å². The number of halogens is 1. The summed E-state index contributed by atoms with van der Waals surface area (Å²) >= 11 is 0. The predicted molar refractivity (Wildman–Crippen MR) is 69.6 cm³/mol. The lowest BCUT2D eigenvalue weighted by Gasteiger charge is -1.95. The Morgan fingerprint density at radius 3 is 1.94 bits per heavy atom. The van der Waals surface area contributed by atoms with Crippen LogP contribution in [0.2, 0.25) is 0 Å². The van der Waals surface area contributed by atoms with Gasteiger partial charge in [-0.2, -0.15) is 0 Å². The zero-order valence-electron chi connectivity index (χ0n) is 10.8. The number of pyridine rings is 1. The smallest absolute Gasteiger partial charge is 0.126 e.